The molecule has 0 aliphatic carbocycles. The molecule has 0 aliphatic rings. The molecule has 11 heavy (non-hydrogen) atoms. The van der Waals surface area contributed by atoms with Crippen molar-refractivity contribution >= 4 is 5.97 Å². The number of esters is 1. The van der Waals surface area contributed by atoms with Gasteiger partial charge < -0.3 is 4.74 Å². The summed E-state index contributed by atoms with van der Waals surface area (Å²) in [5.74, 6) is -0.164. The van der Waals surface area contributed by atoms with E-state index in [0.717, 1.165) is 0 Å². The van der Waals surface area contributed by atoms with Gasteiger partial charge in [-0.3, -0.25) is 4.79 Å². The first-order chi connectivity index (χ1) is 5.31. The molecule has 0 aromatic carbocycles. The third-order valence-electron chi connectivity index (χ3n) is 1.13. The van der Waals surface area contributed by atoms with Crippen LogP contribution >= 0.6 is 0 Å². The molecular weight excluding hydrogens is 140 g/mol. The Hall–Kier alpha value is -1.05. The molecule has 0 saturated carbocycles. The van der Waals surface area contributed by atoms with Crippen LogP contribution in [0.15, 0.2) is 24.8 Å². The molecule has 0 saturated heterocycles. The Kier molecular flexibility index (Phi) is 6.39. The van der Waals surface area contributed by atoms with Crippen LogP contribution in [-0.4, -0.2) is 12.6 Å². The lowest BCUT2D eigenvalue weighted by Crippen LogP contribution is -2.03. The van der Waals surface area contributed by atoms with Crippen molar-refractivity contribution in [3.8, 4) is 0 Å². The molecule has 0 heterocycles. The van der Waals surface area contributed by atoms with Crippen LogP contribution in [0.25, 0.3) is 0 Å². The predicted molar refractivity (Wildman–Crippen MR) is 45.2 cm³/mol. The summed E-state index contributed by atoms with van der Waals surface area (Å²) < 4.78 is 4.81. The van der Waals surface area contributed by atoms with Crippen LogP contribution in [0.4, 0.5) is 0 Å². The number of hydrogen-bond donors (Lipinski definition) is 0. The summed E-state index contributed by atoms with van der Waals surface area (Å²) in [5.41, 5.74) is 0. The van der Waals surface area contributed by atoms with Crippen molar-refractivity contribution in [3.63, 3.8) is 0 Å². The van der Waals surface area contributed by atoms with Gasteiger partial charge in [0.15, 0.2) is 0 Å². The number of carbonyl (C=O) groups excluding carboxylic acids is 1. The summed E-state index contributed by atoms with van der Waals surface area (Å²) in [6, 6.07) is 0. The molecule has 0 radical (unpaired) electrons. The van der Waals surface area contributed by atoms with Gasteiger partial charge >= 0.3 is 5.97 Å². The average Bonchev–Trinajstić information content (AvgIpc) is 2.01. The Labute approximate surface area is 67.6 Å². The molecule has 0 spiro atoms. The van der Waals surface area contributed by atoms with Gasteiger partial charge in [0.2, 0.25) is 0 Å². The second-order valence-electron chi connectivity index (χ2n) is 2.08. The Morgan fingerprint density at radius 1 is 1.64 bits per heavy atom. The van der Waals surface area contributed by atoms with E-state index in [1.54, 1.807) is 12.2 Å². The van der Waals surface area contributed by atoms with Gasteiger partial charge in [0.1, 0.15) is 6.61 Å². The quantitative estimate of drug-likeness (QED) is 0.447. The fourth-order valence-corrected chi connectivity index (χ4v) is 0.529. The number of allylic oxidation sites excluding steroid dienone is 2. The lowest BCUT2D eigenvalue weighted by Gasteiger charge is -1.98. The summed E-state index contributed by atoms with van der Waals surface area (Å²) >= 11 is 0. The number of ether oxygens (including phenoxy) is 1. The lowest BCUT2D eigenvalue weighted by atomic mass is 10.3. The zero-order chi connectivity index (χ0) is 8.53. The van der Waals surface area contributed by atoms with Gasteiger partial charge in [0.25, 0.3) is 0 Å². The highest BCUT2D eigenvalue weighted by molar-refractivity contribution is 5.69. The van der Waals surface area contributed by atoms with Gasteiger partial charge in [-0.2, -0.15) is 0 Å². The van der Waals surface area contributed by atoms with Crippen LogP contribution in [0, 0.1) is 0 Å². The number of rotatable bonds is 5. The molecule has 0 rings (SSSR count). The normalized spacial score (nSPS) is 9.91. The fraction of sp³-hybridized carbons (Fsp3) is 0.444. The van der Waals surface area contributed by atoms with E-state index in [2.05, 4.69) is 6.58 Å². The second kappa shape index (κ2) is 7.06. The van der Waals surface area contributed by atoms with Gasteiger partial charge in [-0.05, 0) is 13.3 Å². The molecule has 62 valence electrons. The van der Waals surface area contributed by atoms with Crippen molar-refractivity contribution in [2.75, 3.05) is 6.61 Å². The van der Waals surface area contributed by atoms with Crippen LogP contribution in [0.1, 0.15) is 19.8 Å². The zero-order valence-corrected chi connectivity index (χ0v) is 6.88. The first-order valence-electron chi connectivity index (χ1n) is 3.69. The van der Waals surface area contributed by atoms with E-state index < -0.39 is 0 Å². The molecule has 0 N–H and O–H groups in total. The molecule has 0 amide bonds. The largest absolute Gasteiger partial charge is 0.461 e. The Balaban J connectivity index is 3.29. The van der Waals surface area contributed by atoms with Gasteiger partial charge in [-0.25, -0.2) is 0 Å². The smallest absolute Gasteiger partial charge is 0.306 e. The highest BCUT2D eigenvalue weighted by Gasteiger charge is 1.97. The summed E-state index contributed by atoms with van der Waals surface area (Å²) in [4.78, 5) is 10.8. The molecule has 0 aliphatic heterocycles. The highest BCUT2D eigenvalue weighted by atomic mass is 16.5. The first-order valence-corrected chi connectivity index (χ1v) is 3.69. The summed E-state index contributed by atoms with van der Waals surface area (Å²) in [6.07, 6.45) is 6.47. The van der Waals surface area contributed by atoms with E-state index in [1.807, 2.05) is 13.0 Å². The molecular formula is C9H14O2. The Morgan fingerprint density at radius 2 is 2.36 bits per heavy atom. The van der Waals surface area contributed by atoms with Crippen molar-refractivity contribution in [2.24, 2.45) is 0 Å². The summed E-state index contributed by atoms with van der Waals surface area (Å²) in [5, 5.41) is 0. The predicted octanol–water partition coefficient (Wildman–Crippen LogP) is 2.07. The van der Waals surface area contributed by atoms with E-state index in [1.165, 1.54) is 0 Å². The van der Waals surface area contributed by atoms with Gasteiger partial charge in [0.05, 0.1) is 0 Å². The van der Waals surface area contributed by atoms with Crippen molar-refractivity contribution in [1.29, 1.82) is 0 Å². The molecule has 0 aromatic rings. The average molecular weight is 154 g/mol. The van der Waals surface area contributed by atoms with Gasteiger partial charge in [-0.1, -0.05) is 18.2 Å². The second-order valence-corrected chi connectivity index (χ2v) is 2.08. The van der Waals surface area contributed by atoms with Gasteiger partial charge in [0, 0.05) is 6.42 Å². The maximum atomic E-state index is 10.8. The van der Waals surface area contributed by atoms with E-state index in [4.69, 9.17) is 4.74 Å². The molecule has 2 heteroatoms. The third kappa shape index (κ3) is 6.84. The standard InChI is InChI=1S/C9H14O2/c1-3-5-7-9(10)11-8-6-4-2/h3-4,6H,1,5,7-8H2,2H3. The molecule has 0 aromatic heterocycles. The van der Waals surface area contributed by atoms with Crippen molar-refractivity contribution < 1.29 is 9.53 Å². The molecule has 0 atom stereocenters. The van der Waals surface area contributed by atoms with E-state index in [9.17, 15) is 4.79 Å². The minimum absolute atomic E-state index is 0.164. The van der Waals surface area contributed by atoms with Crippen molar-refractivity contribution in [1.82, 2.24) is 0 Å². The molecule has 0 fully saturated rings. The Bertz CT molecular complexity index is 148. The van der Waals surface area contributed by atoms with Crippen LogP contribution < -0.4 is 0 Å². The number of carbonyl (C=O) groups is 1. The maximum Gasteiger partial charge on any atom is 0.306 e. The van der Waals surface area contributed by atoms with Crippen LogP contribution in [0.3, 0.4) is 0 Å². The molecule has 2 nitrogen and oxygen atoms in total. The van der Waals surface area contributed by atoms with E-state index >= 15 is 0 Å². The zero-order valence-electron chi connectivity index (χ0n) is 6.88. The third-order valence-corrected chi connectivity index (χ3v) is 1.13. The summed E-state index contributed by atoms with van der Waals surface area (Å²) in [7, 11) is 0. The molecule has 0 bridgehead atoms. The SMILES string of the molecule is C=CCCC(=O)OCC=CC. The Morgan fingerprint density at radius 3 is 2.91 bits per heavy atom. The number of hydrogen-bond acceptors (Lipinski definition) is 2. The minimum Gasteiger partial charge on any atom is -0.461 e. The highest BCUT2D eigenvalue weighted by Crippen LogP contribution is 1.92. The summed E-state index contributed by atoms with van der Waals surface area (Å²) in [6.45, 7) is 5.78. The first kappa shape index (κ1) is 9.95. The monoisotopic (exact) mass is 154 g/mol. The van der Waals surface area contributed by atoms with Gasteiger partial charge in [-0.15, -0.1) is 6.58 Å². The van der Waals surface area contributed by atoms with Crippen LogP contribution in [0.5, 0.6) is 0 Å². The minimum atomic E-state index is -0.164. The maximum absolute atomic E-state index is 10.8. The fourth-order valence-electron chi connectivity index (χ4n) is 0.529. The van der Waals surface area contributed by atoms with Crippen LogP contribution in [-0.2, 0) is 9.53 Å². The van der Waals surface area contributed by atoms with Crippen molar-refractivity contribution in [2.45, 2.75) is 19.8 Å². The topological polar surface area (TPSA) is 26.3 Å². The lowest BCUT2D eigenvalue weighted by molar-refractivity contribution is -0.142. The van der Waals surface area contributed by atoms with Crippen molar-refractivity contribution in [3.05, 3.63) is 24.8 Å². The molecule has 0 unspecified atom stereocenters. The van der Waals surface area contributed by atoms with Crippen LogP contribution in [0.2, 0.25) is 0 Å². The van der Waals surface area contributed by atoms with E-state index in [0.29, 0.717) is 19.4 Å². The van der Waals surface area contributed by atoms with E-state index in [-0.39, 0.29) is 5.97 Å².